The Labute approximate surface area is 142 Å². The predicted octanol–water partition coefficient (Wildman–Crippen LogP) is 4.26. The highest BCUT2D eigenvalue weighted by molar-refractivity contribution is 6.30. The molecule has 2 aromatic carbocycles. The van der Waals surface area contributed by atoms with E-state index in [1.54, 1.807) is 0 Å². The molecule has 0 saturated carbocycles. The molecule has 0 aliphatic carbocycles. The van der Waals surface area contributed by atoms with E-state index in [1.165, 1.54) is 5.56 Å². The average Bonchev–Trinajstić information content (AvgIpc) is 2.55. The number of likely N-dealkylation sites (N-methyl/N-ethyl adjacent to an activating group) is 1. The summed E-state index contributed by atoms with van der Waals surface area (Å²) < 4.78 is 11.2. The van der Waals surface area contributed by atoms with Crippen molar-refractivity contribution in [3.8, 4) is 11.5 Å². The molecule has 0 unspecified atom stereocenters. The Hall–Kier alpha value is -1.97. The van der Waals surface area contributed by atoms with Crippen molar-refractivity contribution in [2.24, 2.45) is 0 Å². The van der Waals surface area contributed by atoms with E-state index in [9.17, 15) is 0 Å². The van der Waals surface area contributed by atoms with Gasteiger partial charge in [-0.3, -0.25) is 4.90 Å². The van der Waals surface area contributed by atoms with Crippen LogP contribution in [0.25, 0.3) is 6.08 Å². The SMILES string of the molecule is CN(C/C=C/c1cccc(Cl)c1)Cc1ccc2c(c1)OCCO2. The molecule has 3 nitrogen and oxygen atoms in total. The van der Waals surface area contributed by atoms with Crippen LogP contribution < -0.4 is 9.47 Å². The van der Waals surface area contributed by atoms with Crippen molar-refractivity contribution >= 4 is 17.7 Å². The second-order valence-corrected chi connectivity index (χ2v) is 6.07. The quantitative estimate of drug-likeness (QED) is 0.818. The molecule has 3 rings (SSSR count). The molecular weight excluding hydrogens is 310 g/mol. The lowest BCUT2D eigenvalue weighted by atomic mass is 10.1. The van der Waals surface area contributed by atoms with Gasteiger partial charge in [0.05, 0.1) is 0 Å². The monoisotopic (exact) mass is 329 g/mol. The lowest BCUT2D eigenvalue weighted by Gasteiger charge is -2.20. The number of benzene rings is 2. The first-order chi connectivity index (χ1) is 11.2. The van der Waals surface area contributed by atoms with Crippen molar-refractivity contribution in [1.82, 2.24) is 4.90 Å². The lowest BCUT2D eigenvalue weighted by Crippen LogP contribution is -2.19. The van der Waals surface area contributed by atoms with Crippen LogP contribution in [0.2, 0.25) is 5.02 Å². The predicted molar refractivity (Wildman–Crippen MR) is 94.3 cm³/mol. The Balaban J connectivity index is 1.56. The first-order valence-electron chi connectivity index (χ1n) is 7.70. The van der Waals surface area contributed by atoms with Crippen LogP contribution in [0.4, 0.5) is 0 Å². The molecule has 1 aliphatic heterocycles. The van der Waals surface area contributed by atoms with Gasteiger partial charge in [0.25, 0.3) is 0 Å². The topological polar surface area (TPSA) is 21.7 Å². The molecule has 0 saturated heterocycles. The van der Waals surface area contributed by atoms with Gasteiger partial charge in [-0.05, 0) is 42.4 Å². The van der Waals surface area contributed by atoms with Crippen molar-refractivity contribution in [2.75, 3.05) is 26.8 Å². The maximum absolute atomic E-state index is 5.99. The highest BCUT2D eigenvalue weighted by Gasteiger charge is 2.12. The van der Waals surface area contributed by atoms with Gasteiger partial charge in [-0.1, -0.05) is 42.0 Å². The highest BCUT2D eigenvalue weighted by atomic mass is 35.5. The number of fused-ring (bicyclic) bond motifs is 1. The van der Waals surface area contributed by atoms with Gasteiger partial charge < -0.3 is 9.47 Å². The summed E-state index contributed by atoms with van der Waals surface area (Å²) in [7, 11) is 2.10. The smallest absolute Gasteiger partial charge is 0.161 e. The fraction of sp³-hybridized carbons (Fsp3) is 0.263. The van der Waals surface area contributed by atoms with Gasteiger partial charge in [-0.2, -0.15) is 0 Å². The Kier molecular flexibility index (Phi) is 5.21. The Morgan fingerprint density at radius 2 is 1.91 bits per heavy atom. The van der Waals surface area contributed by atoms with Crippen LogP contribution in [-0.4, -0.2) is 31.7 Å². The van der Waals surface area contributed by atoms with Gasteiger partial charge in [0.2, 0.25) is 0 Å². The number of halogens is 1. The molecule has 0 radical (unpaired) electrons. The fourth-order valence-corrected chi connectivity index (χ4v) is 2.74. The third kappa shape index (κ3) is 4.50. The van der Waals surface area contributed by atoms with Crippen LogP contribution in [0.3, 0.4) is 0 Å². The summed E-state index contributed by atoms with van der Waals surface area (Å²) in [6.07, 6.45) is 4.23. The summed E-state index contributed by atoms with van der Waals surface area (Å²) in [5, 5.41) is 0.761. The van der Waals surface area contributed by atoms with Gasteiger partial charge in [0.1, 0.15) is 13.2 Å². The molecule has 0 aromatic heterocycles. The molecule has 0 N–H and O–H groups in total. The zero-order valence-corrected chi connectivity index (χ0v) is 13.9. The summed E-state index contributed by atoms with van der Waals surface area (Å²) in [5.41, 5.74) is 2.33. The Morgan fingerprint density at radius 3 is 2.74 bits per heavy atom. The summed E-state index contributed by atoms with van der Waals surface area (Å²) in [4.78, 5) is 2.24. The van der Waals surface area contributed by atoms with Gasteiger partial charge in [-0.25, -0.2) is 0 Å². The summed E-state index contributed by atoms with van der Waals surface area (Å²) in [6.45, 7) is 2.96. The van der Waals surface area contributed by atoms with Crippen molar-refractivity contribution in [1.29, 1.82) is 0 Å². The summed E-state index contributed by atoms with van der Waals surface area (Å²) in [6, 6.07) is 14.0. The molecule has 4 heteroatoms. The zero-order chi connectivity index (χ0) is 16.1. The zero-order valence-electron chi connectivity index (χ0n) is 13.2. The normalized spacial score (nSPS) is 13.7. The van der Waals surface area contributed by atoms with Crippen LogP contribution in [0.15, 0.2) is 48.5 Å². The van der Waals surface area contributed by atoms with Gasteiger partial charge in [0.15, 0.2) is 11.5 Å². The molecule has 0 amide bonds. The number of nitrogens with zero attached hydrogens (tertiary/aromatic N) is 1. The summed E-state index contributed by atoms with van der Waals surface area (Å²) >= 11 is 5.99. The largest absolute Gasteiger partial charge is 0.486 e. The van der Waals surface area contributed by atoms with Crippen molar-refractivity contribution in [3.05, 3.63) is 64.7 Å². The molecule has 120 valence electrons. The van der Waals surface area contributed by atoms with Crippen molar-refractivity contribution in [3.63, 3.8) is 0 Å². The standard InChI is InChI=1S/C19H20ClNO2/c1-21(9-3-5-15-4-2-6-17(20)12-15)14-16-7-8-18-19(13-16)23-11-10-22-18/h2-8,12-13H,9-11,14H2,1H3/b5-3+. The van der Waals surface area contributed by atoms with Crippen molar-refractivity contribution in [2.45, 2.75) is 6.54 Å². The van der Waals surface area contributed by atoms with Gasteiger partial charge in [0, 0.05) is 18.1 Å². The van der Waals surface area contributed by atoms with E-state index < -0.39 is 0 Å². The van der Waals surface area contributed by atoms with E-state index in [0.29, 0.717) is 13.2 Å². The van der Waals surface area contributed by atoms with E-state index in [4.69, 9.17) is 21.1 Å². The second kappa shape index (κ2) is 7.53. The van der Waals surface area contributed by atoms with E-state index in [1.807, 2.05) is 30.3 Å². The minimum atomic E-state index is 0.620. The Bertz CT molecular complexity index is 700. The molecule has 23 heavy (non-hydrogen) atoms. The highest BCUT2D eigenvalue weighted by Crippen LogP contribution is 2.31. The number of hydrogen-bond acceptors (Lipinski definition) is 3. The third-order valence-corrected chi connectivity index (χ3v) is 3.87. The van der Waals surface area contributed by atoms with Crippen LogP contribution in [-0.2, 0) is 6.54 Å². The third-order valence-electron chi connectivity index (χ3n) is 3.64. The molecule has 1 heterocycles. The number of rotatable bonds is 5. The molecule has 0 atom stereocenters. The minimum absolute atomic E-state index is 0.620. The fourth-order valence-electron chi connectivity index (χ4n) is 2.54. The summed E-state index contributed by atoms with van der Waals surface area (Å²) in [5.74, 6) is 1.68. The van der Waals surface area contributed by atoms with Gasteiger partial charge >= 0.3 is 0 Å². The Morgan fingerprint density at radius 1 is 1.09 bits per heavy atom. The maximum Gasteiger partial charge on any atom is 0.161 e. The van der Waals surface area contributed by atoms with Crippen molar-refractivity contribution < 1.29 is 9.47 Å². The maximum atomic E-state index is 5.99. The first-order valence-corrected chi connectivity index (χ1v) is 8.08. The molecule has 1 aliphatic rings. The molecule has 0 spiro atoms. The first kappa shape index (κ1) is 15.9. The molecule has 2 aromatic rings. The van der Waals surface area contributed by atoms with E-state index in [2.05, 4.69) is 36.2 Å². The lowest BCUT2D eigenvalue weighted by molar-refractivity contribution is 0.171. The van der Waals surface area contributed by atoms with Gasteiger partial charge in [-0.15, -0.1) is 0 Å². The number of ether oxygens (including phenoxy) is 2. The minimum Gasteiger partial charge on any atom is -0.486 e. The van der Waals surface area contributed by atoms with E-state index >= 15 is 0 Å². The van der Waals surface area contributed by atoms with E-state index in [-0.39, 0.29) is 0 Å². The van der Waals surface area contributed by atoms with E-state index in [0.717, 1.165) is 35.2 Å². The van der Waals surface area contributed by atoms with Crippen LogP contribution in [0.1, 0.15) is 11.1 Å². The molecule has 0 fully saturated rings. The second-order valence-electron chi connectivity index (χ2n) is 5.63. The molecule has 0 bridgehead atoms. The van der Waals surface area contributed by atoms with Crippen LogP contribution in [0, 0.1) is 0 Å². The van der Waals surface area contributed by atoms with Crippen LogP contribution >= 0.6 is 11.6 Å². The molecular formula is C19H20ClNO2. The van der Waals surface area contributed by atoms with Crippen LogP contribution in [0.5, 0.6) is 11.5 Å². The number of hydrogen-bond donors (Lipinski definition) is 0. The average molecular weight is 330 g/mol.